The fraction of sp³-hybridized carbons (Fsp3) is 0.765. The van der Waals surface area contributed by atoms with Crippen LogP contribution in [0.25, 0.3) is 0 Å². The molecule has 0 aliphatic carbocycles. The number of carbonyl (C=O) groups is 1. The number of aryl methyl sites for hydroxylation is 2. The average molecular weight is 293 g/mol. The molecule has 0 aliphatic rings. The molecule has 1 aromatic heterocycles. The van der Waals surface area contributed by atoms with Crippen LogP contribution < -0.4 is 5.73 Å². The minimum atomic E-state index is 0.315. The molecule has 21 heavy (non-hydrogen) atoms. The second-order valence-electron chi connectivity index (χ2n) is 6.13. The largest absolute Gasteiger partial charge is 0.330 e. The highest BCUT2D eigenvalue weighted by molar-refractivity contribution is 5.80. The topological polar surface area (TPSA) is 60.9 Å². The molecule has 0 aliphatic heterocycles. The second-order valence-corrected chi connectivity index (χ2v) is 6.13. The molecule has 0 aromatic carbocycles. The van der Waals surface area contributed by atoms with Gasteiger partial charge in [0, 0.05) is 25.1 Å². The molecule has 120 valence electrons. The first-order chi connectivity index (χ1) is 10.0. The molecule has 1 unspecified atom stereocenters. The molecule has 0 radical (unpaired) electrons. The number of ketones is 1. The van der Waals surface area contributed by atoms with Crippen molar-refractivity contribution in [2.24, 2.45) is 17.6 Å². The molecule has 0 fully saturated rings. The van der Waals surface area contributed by atoms with Gasteiger partial charge in [-0.15, -0.1) is 0 Å². The third kappa shape index (κ3) is 5.62. The minimum absolute atomic E-state index is 0.315. The Balaban J connectivity index is 2.55. The maximum absolute atomic E-state index is 12.2. The molecule has 0 bridgehead atoms. The Labute approximate surface area is 129 Å². The van der Waals surface area contributed by atoms with Crippen LogP contribution in [-0.4, -0.2) is 22.1 Å². The van der Waals surface area contributed by atoms with E-state index in [-0.39, 0.29) is 0 Å². The van der Waals surface area contributed by atoms with Crippen LogP contribution in [0.5, 0.6) is 0 Å². The summed E-state index contributed by atoms with van der Waals surface area (Å²) in [5.74, 6) is 1.46. The molecule has 0 saturated carbocycles. The number of hydrogen-bond acceptors (Lipinski definition) is 3. The molecule has 0 amide bonds. The predicted octanol–water partition coefficient (Wildman–Crippen LogP) is 2.98. The van der Waals surface area contributed by atoms with Gasteiger partial charge >= 0.3 is 0 Å². The van der Waals surface area contributed by atoms with Gasteiger partial charge in [-0.1, -0.05) is 20.8 Å². The lowest BCUT2D eigenvalue weighted by atomic mass is 9.87. The van der Waals surface area contributed by atoms with Crippen molar-refractivity contribution in [3.05, 3.63) is 17.5 Å². The lowest BCUT2D eigenvalue weighted by Crippen LogP contribution is -2.17. The van der Waals surface area contributed by atoms with Crippen molar-refractivity contribution in [1.82, 2.24) is 9.78 Å². The van der Waals surface area contributed by atoms with E-state index in [1.165, 1.54) is 0 Å². The van der Waals surface area contributed by atoms with Crippen LogP contribution in [0.3, 0.4) is 0 Å². The molecule has 4 heteroatoms. The third-order valence-corrected chi connectivity index (χ3v) is 4.23. The van der Waals surface area contributed by atoms with Crippen LogP contribution in [0.4, 0.5) is 0 Å². The van der Waals surface area contributed by atoms with Crippen molar-refractivity contribution >= 4 is 5.78 Å². The van der Waals surface area contributed by atoms with Crippen LogP contribution in [0.15, 0.2) is 6.07 Å². The van der Waals surface area contributed by atoms with Crippen molar-refractivity contribution < 1.29 is 4.79 Å². The van der Waals surface area contributed by atoms with Crippen molar-refractivity contribution in [3.63, 3.8) is 0 Å². The van der Waals surface area contributed by atoms with Gasteiger partial charge in [0.15, 0.2) is 0 Å². The summed E-state index contributed by atoms with van der Waals surface area (Å²) in [6.45, 7) is 10.1. The molecule has 0 saturated heterocycles. The molecule has 4 nitrogen and oxygen atoms in total. The monoisotopic (exact) mass is 293 g/mol. The molecule has 2 N–H and O–H groups in total. The summed E-state index contributed by atoms with van der Waals surface area (Å²) in [6, 6.07) is 2.07. The van der Waals surface area contributed by atoms with Crippen LogP contribution in [0.1, 0.15) is 58.3 Å². The zero-order chi connectivity index (χ0) is 15.8. The summed E-state index contributed by atoms with van der Waals surface area (Å²) in [7, 11) is 0. The summed E-state index contributed by atoms with van der Waals surface area (Å²) >= 11 is 0. The fourth-order valence-corrected chi connectivity index (χ4v) is 2.77. The Morgan fingerprint density at radius 1 is 1.33 bits per heavy atom. The first kappa shape index (κ1) is 17.9. The van der Waals surface area contributed by atoms with Gasteiger partial charge in [-0.2, -0.15) is 5.10 Å². The van der Waals surface area contributed by atoms with Gasteiger partial charge in [-0.05, 0) is 50.6 Å². The Morgan fingerprint density at radius 2 is 2.05 bits per heavy atom. The maximum atomic E-state index is 12.2. The van der Waals surface area contributed by atoms with Crippen molar-refractivity contribution in [2.45, 2.75) is 66.3 Å². The van der Waals surface area contributed by atoms with Gasteiger partial charge in [0.25, 0.3) is 0 Å². The first-order valence-electron chi connectivity index (χ1n) is 8.29. The number of rotatable bonds is 10. The van der Waals surface area contributed by atoms with Crippen molar-refractivity contribution in [1.29, 1.82) is 0 Å². The second kappa shape index (κ2) is 8.98. The van der Waals surface area contributed by atoms with Crippen LogP contribution >= 0.6 is 0 Å². The van der Waals surface area contributed by atoms with Gasteiger partial charge in [0.2, 0.25) is 0 Å². The first-order valence-corrected chi connectivity index (χ1v) is 8.29. The quantitative estimate of drug-likeness (QED) is 0.721. The van der Waals surface area contributed by atoms with E-state index in [1.54, 1.807) is 0 Å². The average Bonchev–Trinajstić information content (AvgIpc) is 2.85. The lowest BCUT2D eigenvalue weighted by Gasteiger charge is -2.19. The van der Waals surface area contributed by atoms with E-state index in [1.807, 2.05) is 4.68 Å². The Morgan fingerprint density at radius 3 is 2.57 bits per heavy atom. The Hall–Kier alpha value is -1.16. The number of nitrogens with zero attached hydrogens (tertiary/aromatic N) is 2. The van der Waals surface area contributed by atoms with E-state index < -0.39 is 0 Å². The number of carbonyl (C=O) groups excluding carboxylic acids is 1. The van der Waals surface area contributed by atoms with E-state index in [9.17, 15) is 4.79 Å². The van der Waals surface area contributed by atoms with Crippen LogP contribution in [-0.2, 0) is 24.2 Å². The van der Waals surface area contributed by atoms with E-state index in [4.69, 9.17) is 5.73 Å². The molecular weight excluding hydrogens is 262 g/mol. The summed E-state index contributed by atoms with van der Waals surface area (Å²) in [5, 5.41) is 4.50. The zero-order valence-corrected chi connectivity index (χ0v) is 14.1. The molecule has 0 spiro atoms. The summed E-state index contributed by atoms with van der Waals surface area (Å²) in [6.07, 6.45) is 4.04. The highest BCUT2D eigenvalue weighted by Gasteiger charge is 2.16. The van der Waals surface area contributed by atoms with Gasteiger partial charge in [0.1, 0.15) is 5.78 Å². The number of nitrogens with two attached hydrogens (primary N) is 1. The smallest absolute Gasteiger partial charge is 0.138 e. The number of aromatic nitrogens is 2. The number of Topliss-reactive ketones (excluding diaryl/α,β-unsaturated/α-hetero) is 1. The van der Waals surface area contributed by atoms with Crippen LogP contribution in [0, 0.1) is 11.8 Å². The summed E-state index contributed by atoms with van der Waals surface area (Å²) in [5.41, 5.74) is 7.78. The third-order valence-electron chi connectivity index (χ3n) is 4.23. The predicted molar refractivity (Wildman–Crippen MR) is 87.2 cm³/mol. The molecule has 1 heterocycles. The standard InChI is InChI=1S/C17H31N3O/c1-5-15-11-16(20(6-2)19-15)12-17(21)8-7-14(9-10-18)13(3)4/h11,13-14H,5-10,12,18H2,1-4H3. The van der Waals surface area contributed by atoms with Gasteiger partial charge in [-0.25, -0.2) is 0 Å². The zero-order valence-electron chi connectivity index (χ0n) is 14.1. The normalized spacial score (nSPS) is 12.9. The van der Waals surface area contributed by atoms with Crippen LogP contribution in [0.2, 0.25) is 0 Å². The van der Waals surface area contributed by atoms with Gasteiger partial charge in [0.05, 0.1) is 5.69 Å². The van der Waals surface area contributed by atoms with Gasteiger partial charge < -0.3 is 5.73 Å². The molecule has 1 aromatic rings. The fourth-order valence-electron chi connectivity index (χ4n) is 2.77. The molecular formula is C17H31N3O. The number of hydrogen-bond donors (Lipinski definition) is 1. The van der Waals surface area contributed by atoms with Crippen molar-refractivity contribution in [3.8, 4) is 0 Å². The van der Waals surface area contributed by atoms with E-state index in [0.717, 1.165) is 37.2 Å². The summed E-state index contributed by atoms with van der Waals surface area (Å²) in [4.78, 5) is 12.2. The Kier molecular flexibility index (Phi) is 7.65. The highest BCUT2D eigenvalue weighted by atomic mass is 16.1. The molecule has 1 atom stereocenters. The SMILES string of the molecule is CCc1cc(CC(=O)CCC(CCN)C(C)C)n(CC)n1. The van der Waals surface area contributed by atoms with E-state index in [2.05, 4.69) is 38.9 Å². The summed E-state index contributed by atoms with van der Waals surface area (Å²) < 4.78 is 1.95. The highest BCUT2D eigenvalue weighted by Crippen LogP contribution is 2.21. The van der Waals surface area contributed by atoms with Crippen molar-refractivity contribution in [2.75, 3.05) is 6.54 Å². The maximum Gasteiger partial charge on any atom is 0.138 e. The van der Waals surface area contributed by atoms with Gasteiger partial charge in [-0.3, -0.25) is 9.48 Å². The van der Waals surface area contributed by atoms with E-state index >= 15 is 0 Å². The lowest BCUT2D eigenvalue weighted by molar-refractivity contribution is -0.118. The minimum Gasteiger partial charge on any atom is -0.330 e. The Bertz CT molecular complexity index is 437. The molecule has 1 rings (SSSR count). The van der Waals surface area contributed by atoms with E-state index in [0.29, 0.717) is 37.0 Å².